The molecule has 0 atom stereocenters. The number of carbonyl (C=O) groups is 2. The van der Waals surface area contributed by atoms with Crippen LogP contribution in [0.2, 0.25) is 0 Å². The third kappa shape index (κ3) is 4.56. The number of carboxylic acids is 1. The van der Waals surface area contributed by atoms with Gasteiger partial charge in [-0.2, -0.15) is 0 Å². The first kappa shape index (κ1) is 24.9. The molecule has 0 bridgehead atoms. The van der Waals surface area contributed by atoms with Gasteiger partial charge in [-0.25, -0.2) is 9.18 Å². The summed E-state index contributed by atoms with van der Waals surface area (Å²) >= 11 is 0. The Kier molecular flexibility index (Phi) is 6.54. The number of nitrogens with zero attached hydrogens (tertiary/aromatic N) is 2. The van der Waals surface area contributed by atoms with E-state index in [2.05, 4.69) is 0 Å². The highest BCUT2D eigenvalue weighted by molar-refractivity contribution is 6.18. The summed E-state index contributed by atoms with van der Waals surface area (Å²) in [5.74, 6) is 3.01. The largest absolute Gasteiger partial charge is 0.741 e. The number of hydroxylamine groups is 1. The van der Waals surface area contributed by atoms with Crippen molar-refractivity contribution in [3.05, 3.63) is 107 Å². The summed E-state index contributed by atoms with van der Waals surface area (Å²) in [7, 11) is 0. The van der Waals surface area contributed by atoms with Gasteiger partial charge in [0.25, 0.3) is 5.91 Å². The third-order valence-corrected chi connectivity index (χ3v) is 6.48. The van der Waals surface area contributed by atoms with Gasteiger partial charge in [-0.05, 0) is 53.3 Å². The van der Waals surface area contributed by atoms with Gasteiger partial charge < -0.3 is 24.8 Å². The van der Waals surface area contributed by atoms with Crippen LogP contribution in [0.15, 0.2) is 78.9 Å². The average molecular weight is 513 g/mol. The monoisotopic (exact) mass is 512 g/mol. The predicted octanol–water partition coefficient (Wildman–Crippen LogP) is 5.23. The number of hydrazine groups is 1. The van der Waals surface area contributed by atoms with E-state index < -0.39 is 18.5 Å². The maximum atomic E-state index is 13.4. The van der Waals surface area contributed by atoms with Gasteiger partial charge >= 0.3 is 5.97 Å². The number of nitrogens with two attached hydrogens (primary N) is 1. The molecule has 5 rings (SSSR count). The summed E-state index contributed by atoms with van der Waals surface area (Å²) in [5.41, 5.74) is 3.74. The summed E-state index contributed by atoms with van der Waals surface area (Å²) < 4.78 is 20.9. The van der Waals surface area contributed by atoms with Crippen molar-refractivity contribution in [1.82, 2.24) is 9.74 Å². The van der Waals surface area contributed by atoms with Crippen LogP contribution in [0.5, 0.6) is 5.75 Å². The fourth-order valence-electron chi connectivity index (χ4n) is 4.81. The van der Waals surface area contributed by atoms with E-state index in [1.807, 2.05) is 53.1 Å². The number of halogens is 1. The van der Waals surface area contributed by atoms with E-state index >= 15 is 0 Å². The normalized spacial score (nSPS) is 11.2. The quantitative estimate of drug-likeness (QED) is 0.175. The van der Waals surface area contributed by atoms with Gasteiger partial charge in [0.1, 0.15) is 11.6 Å². The van der Waals surface area contributed by atoms with Gasteiger partial charge in [0.2, 0.25) is 0 Å². The lowest BCUT2D eigenvalue weighted by Crippen LogP contribution is -2.31. The SMILES string of the molecule is Cc1c(C(=O)N(N)[O-])c2c(OCC(=O)O)cc3ccccc3c2n1Cc1cccc(-c2ccc(F)cc2)c1. The van der Waals surface area contributed by atoms with Crippen molar-refractivity contribution in [2.24, 2.45) is 5.84 Å². The Morgan fingerprint density at radius 1 is 1.03 bits per heavy atom. The summed E-state index contributed by atoms with van der Waals surface area (Å²) in [6.07, 6.45) is 0. The Balaban J connectivity index is 1.74. The molecule has 0 saturated carbocycles. The topological polar surface area (TPSA) is 121 Å². The minimum atomic E-state index is -1.18. The molecule has 0 aliphatic rings. The Morgan fingerprint density at radius 3 is 2.47 bits per heavy atom. The van der Waals surface area contributed by atoms with E-state index in [4.69, 9.17) is 10.6 Å². The van der Waals surface area contributed by atoms with Crippen LogP contribution in [0.4, 0.5) is 4.39 Å². The summed E-state index contributed by atoms with van der Waals surface area (Å²) in [4.78, 5) is 24.3. The smallest absolute Gasteiger partial charge is 0.341 e. The molecule has 0 spiro atoms. The van der Waals surface area contributed by atoms with E-state index in [-0.39, 0.29) is 22.3 Å². The van der Waals surface area contributed by atoms with Crippen molar-refractivity contribution in [1.29, 1.82) is 0 Å². The van der Waals surface area contributed by atoms with Gasteiger partial charge in [-0.15, -0.1) is 0 Å². The van der Waals surface area contributed by atoms with Crippen molar-refractivity contribution >= 4 is 33.6 Å². The predicted molar refractivity (Wildman–Crippen MR) is 142 cm³/mol. The zero-order valence-electron chi connectivity index (χ0n) is 20.3. The molecular formula is C29H23FN3O5-. The first-order chi connectivity index (χ1) is 18.2. The first-order valence-corrected chi connectivity index (χ1v) is 11.7. The number of aliphatic carboxylic acids is 1. The second-order valence-corrected chi connectivity index (χ2v) is 8.89. The molecule has 5 aromatic rings. The van der Waals surface area contributed by atoms with Gasteiger partial charge in [0.05, 0.1) is 16.5 Å². The van der Waals surface area contributed by atoms with Crippen molar-refractivity contribution in [3.63, 3.8) is 0 Å². The van der Waals surface area contributed by atoms with Crippen LogP contribution in [-0.2, 0) is 11.3 Å². The number of carbonyl (C=O) groups excluding carboxylic acids is 1. The number of amides is 1. The second-order valence-electron chi connectivity index (χ2n) is 8.89. The number of hydrogen-bond donors (Lipinski definition) is 2. The lowest BCUT2D eigenvalue weighted by Gasteiger charge is -2.21. The number of aromatic nitrogens is 1. The molecule has 9 heteroatoms. The van der Waals surface area contributed by atoms with Crippen LogP contribution in [0.3, 0.4) is 0 Å². The number of benzene rings is 4. The van der Waals surface area contributed by atoms with Crippen LogP contribution < -0.4 is 10.6 Å². The van der Waals surface area contributed by atoms with Crippen molar-refractivity contribution in [2.45, 2.75) is 13.5 Å². The van der Waals surface area contributed by atoms with E-state index in [0.717, 1.165) is 27.5 Å². The number of ether oxygens (including phenoxy) is 1. The molecular weight excluding hydrogens is 489 g/mol. The van der Waals surface area contributed by atoms with Crippen LogP contribution in [-0.4, -0.2) is 33.3 Å². The highest BCUT2D eigenvalue weighted by Gasteiger charge is 2.26. The van der Waals surface area contributed by atoms with Gasteiger partial charge in [0.15, 0.2) is 6.61 Å². The number of carboxylic acid groups (broad SMARTS) is 1. The van der Waals surface area contributed by atoms with Gasteiger partial charge in [-0.3, -0.25) is 10.6 Å². The first-order valence-electron chi connectivity index (χ1n) is 11.7. The zero-order chi connectivity index (χ0) is 27.0. The summed E-state index contributed by atoms with van der Waals surface area (Å²) in [6, 6.07) is 23.0. The Labute approximate surface area is 216 Å². The van der Waals surface area contributed by atoms with Crippen LogP contribution in [0, 0.1) is 17.9 Å². The van der Waals surface area contributed by atoms with E-state index in [1.165, 1.54) is 12.1 Å². The number of fused-ring (bicyclic) bond motifs is 3. The Bertz CT molecular complexity index is 1690. The lowest BCUT2D eigenvalue weighted by molar-refractivity contribution is -0.139. The molecule has 0 unspecified atom stereocenters. The van der Waals surface area contributed by atoms with Crippen molar-refractivity contribution < 1.29 is 23.8 Å². The molecule has 1 aromatic heterocycles. The highest BCUT2D eigenvalue weighted by Crippen LogP contribution is 2.40. The Hall–Kier alpha value is -4.73. The fraction of sp³-hybridized carbons (Fsp3) is 0.103. The van der Waals surface area contributed by atoms with Gasteiger partial charge in [0, 0.05) is 17.6 Å². The van der Waals surface area contributed by atoms with E-state index in [1.54, 1.807) is 25.1 Å². The van der Waals surface area contributed by atoms with Crippen LogP contribution in [0.25, 0.3) is 32.8 Å². The number of hydrogen-bond acceptors (Lipinski definition) is 5. The van der Waals surface area contributed by atoms with Crippen molar-refractivity contribution in [2.75, 3.05) is 6.61 Å². The molecule has 192 valence electrons. The van der Waals surface area contributed by atoms with Gasteiger partial charge in [-0.1, -0.05) is 54.6 Å². The average Bonchev–Trinajstić information content (AvgIpc) is 3.19. The molecule has 0 aliphatic carbocycles. The van der Waals surface area contributed by atoms with Crippen LogP contribution >= 0.6 is 0 Å². The van der Waals surface area contributed by atoms with Crippen molar-refractivity contribution in [3.8, 4) is 16.9 Å². The molecule has 1 amide bonds. The lowest BCUT2D eigenvalue weighted by atomic mass is 10.0. The molecule has 0 fully saturated rings. The van der Waals surface area contributed by atoms with E-state index in [0.29, 0.717) is 23.1 Å². The summed E-state index contributed by atoms with van der Waals surface area (Å²) in [6.45, 7) is 1.39. The molecule has 8 nitrogen and oxygen atoms in total. The molecule has 38 heavy (non-hydrogen) atoms. The third-order valence-electron chi connectivity index (χ3n) is 6.48. The minimum Gasteiger partial charge on any atom is -0.741 e. The Morgan fingerprint density at radius 2 is 1.76 bits per heavy atom. The number of rotatable bonds is 7. The van der Waals surface area contributed by atoms with Crippen LogP contribution in [0.1, 0.15) is 21.6 Å². The molecule has 4 aromatic carbocycles. The maximum absolute atomic E-state index is 13.4. The standard InChI is InChI=1S/C29H23FN3O5/c1-17-26(29(36)33(31)37)27-24(38-16-25(34)35)14-21-6-2-3-8-23(21)28(27)32(17)15-18-5-4-7-20(13-18)19-9-11-22(30)12-10-19/h2-14H,15-16,31H2,1H3,(H,34,35)/q-1. The molecule has 0 aliphatic heterocycles. The molecule has 0 radical (unpaired) electrons. The molecule has 3 N–H and O–H groups in total. The maximum Gasteiger partial charge on any atom is 0.341 e. The fourth-order valence-corrected chi connectivity index (χ4v) is 4.81. The summed E-state index contributed by atoms with van der Waals surface area (Å²) in [5, 5.41) is 22.8. The van der Waals surface area contributed by atoms with E-state index in [9.17, 15) is 24.3 Å². The second kappa shape index (κ2) is 9.97. The minimum absolute atomic E-state index is 0.0401. The molecule has 0 saturated heterocycles. The highest BCUT2D eigenvalue weighted by atomic mass is 19.1. The zero-order valence-corrected chi connectivity index (χ0v) is 20.3. The molecule has 1 heterocycles.